The summed E-state index contributed by atoms with van der Waals surface area (Å²) in [5.41, 5.74) is 5.57. The predicted octanol–water partition coefficient (Wildman–Crippen LogP) is 5.41. The van der Waals surface area contributed by atoms with Crippen molar-refractivity contribution >= 4 is 23.2 Å². The van der Waals surface area contributed by atoms with Gasteiger partial charge in [-0.1, -0.05) is 24.3 Å². The Kier molecular flexibility index (Phi) is 7.23. The summed E-state index contributed by atoms with van der Waals surface area (Å²) in [6.07, 6.45) is 4.51. The van der Waals surface area contributed by atoms with Crippen LogP contribution in [0.1, 0.15) is 40.9 Å². The molecule has 1 atom stereocenters. The monoisotopic (exact) mass is 473 g/mol. The Balaban J connectivity index is 1.61. The number of nitrogens with one attached hydrogen (secondary N) is 1. The molecular weight excluding hydrogens is 446 g/mol. The van der Waals surface area contributed by atoms with E-state index in [1.54, 1.807) is 22.1 Å². The molecule has 1 unspecified atom stereocenters. The second-order valence-electron chi connectivity index (χ2n) is 8.15. The number of hydrogen-bond acceptors (Lipinski definition) is 5. The van der Waals surface area contributed by atoms with Crippen LogP contribution in [0.15, 0.2) is 72.4 Å². The first kappa shape index (κ1) is 23.4. The van der Waals surface area contributed by atoms with Gasteiger partial charge in [0.1, 0.15) is 0 Å². The Morgan fingerprint density at radius 1 is 1.09 bits per heavy atom. The first-order valence-electron chi connectivity index (χ1n) is 11.1. The van der Waals surface area contributed by atoms with Crippen LogP contribution in [0, 0.1) is 0 Å². The molecule has 6 nitrogen and oxygen atoms in total. The van der Waals surface area contributed by atoms with Crippen molar-refractivity contribution in [2.24, 2.45) is 7.05 Å². The Labute approximate surface area is 203 Å². The topological polar surface area (TPSA) is 73.2 Å². The third-order valence-electron chi connectivity index (χ3n) is 5.73. The number of aromatic nitrogens is 2. The highest BCUT2D eigenvalue weighted by Gasteiger charge is 2.17. The molecule has 1 N–H and O–H groups in total. The van der Waals surface area contributed by atoms with Crippen LogP contribution in [0.3, 0.4) is 0 Å². The van der Waals surface area contributed by atoms with E-state index in [0.717, 1.165) is 27.8 Å². The number of hydrogen-bond donors (Lipinski definition) is 1. The zero-order valence-electron chi connectivity index (χ0n) is 19.4. The largest absolute Gasteiger partial charge is 0.469 e. The molecule has 0 saturated heterocycles. The van der Waals surface area contributed by atoms with Gasteiger partial charge in [0, 0.05) is 35.7 Å². The highest BCUT2D eigenvalue weighted by Crippen LogP contribution is 2.32. The van der Waals surface area contributed by atoms with Gasteiger partial charge in [-0.2, -0.15) is 5.10 Å². The summed E-state index contributed by atoms with van der Waals surface area (Å²) < 4.78 is 6.52. The summed E-state index contributed by atoms with van der Waals surface area (Å²) in [4.78, 5) is 25.9. The normalized spacial score (nSPS) is 11.7. The fourth-order valence-electron chi connectivity index (χ4n) is 3.88. The molecule has 34 heavy (non-hydrogen) atoms. The number of amides is 1. The summed E-state index contributed by atoms with van der Waals surface area (Å²) in [6.45, 7) is 1.98. The van der Waals surface area contributed by atoms with Gasteiger partial charge < -0.3 is 10.1 Å². The van der Waals surface area contributed by atoms with Gasteiger partial charge in [0.15, 0.2) is 0 Å². The number of aryl methyl sites for hydroxylation is 2. The second kappa shape index (κ2) is 10.5. The standard InChI is InChI=1S/C27H27N3O3S/c1-18(29-27(32)24-8-5-4-7-19(24)10-11-26(31)33-3)20-13-21(23-16-28-30(2)17-23)15-22(14-20)25-9-6-12-34-25/h4-9,12-18H,10-11H2,1-3H3,(H,29,32). The van der Waals surface area contributed by atoms with E-state index in [1.165, 1.54) is 12.0 Å². The molecule has 0 fully saturated rings. The lowest BCUT2D eigenvalue weighted by Crippen LogP contribution is -2.27. The third-order valence-corrected chi connectivity index (χ3v) is 6.65. The quantitative estimate of drug-likeness (QED) is 0.347. The van der Waals surface area contributed by atoms with Crippen LogP contribution in [-0.4, -0.2) is 28.8 Å². The van der Waals surface area contributed by atoms with Crippen LogP contribution in [0.25, 0.3) is 21.6 Å². The van der Waals surface area contributed by atoms with Crippen LogP contribution >= 0.6 is 11.3 Å². The molecule has 0 spiro atoms. The van der Waals surface area contributed by atoms with Gasteiger partial charge in [-0.3, -0.25) is 14.3 Å². The predicted molar refractivity (Wildman–Crippen MR) is 135 cm³/mol. The highest BCUT2D eigenvalue weighted by atomic mass is 32.1. The molecule has 0 aliphatic heterocycles. The number of benzene rings is 2. The first-order valence-corrected chi connectivity index (χ1v) is 12.0. The SMILES string of the molecule is COC(=O)CCc1ccccc1C(=O)NC(C)c1cc(-c2cnn(C)c2)cc(-c2cccs2)c1. The molecule has 0 bridgehead atoms. The van der Waals surface area contributed by atoms with Gasteiger partial charge in [0.25, 0.3) is 5.91 Å². The Bertz CT molecular complexity index is 1290. The Morgan fingerprint density at radius 2 is 1.88 bits per heavy atom. The zero-order valence-corrected chi connectivity index (χ0v) is 20.3. The molecule has 0 aliphatic rings. The van der Waals surface area contributed by atoms with E-state index >= 15 is 0 Å². The minimum absolute atomic E-state index is 0.169. The van der Waals surface area contributed by atoms with Crippen molar-refractivity contribution in [2.45, 2.75) is 25.8 Å². The van der Waals surface area contributed by atoms with Gasteiger partial charge in [-0.05, 0) is 71.3 Å². The van der Waals surface area contributed by atoms with Crippen LogP contribution in [0.5, 0.6) is 0 Å². The molecule has 1 amide bonds. The number of carbonyl (C=O) groups excluding carboxylic acids is 2. The molecule has 0 radical (unpaired) electrons. The number of carbonyl (C=O) groups is 2. The molecule has 2 aromatic heterocycles. The van der Waals surface area contributed by atoms with Crippen molar-refractivity contribution in [3.63, 3.8) is 0 Å². The average Bonchev–Trinajstić information content (AvgIpc) is 3.54. The van der Waals surface area contributed by atoms with Crippen LogP contribution < -0.4 is 5.32 Å². The molecule has 0 saturated carbocycles. The third kappa shape index (κ3) is 5.43. The number of rotatable bonds is 8. The maximum absolute atomic E-state index is 13.2. The molecule has 7 heteroatoms. The molecule has 4 rings (SSSR count). The number of methoxy groups -OCH3 is 1. The molecule has 2 heterocycles. The lowest BCUT2D eigenvalue weighted by molar-refractivity contribution is -0.140. The van der Waals surface area contributed by atoms with E-state index in [4.69, 9.17) is 4.74 Å². The van der Waals surface area contributed by atoms with E-state index in [-0.39, 0.29) is 24.3 Å². The summed E-state index contributed by atoms with van der Waals surface area (Å²) in [6, 6.07) is 17.7. The number of esters is 1. The number of nitrogens with zero attached hydrogens (tertiary/aromatic N) is 2. The van der Waals surface area contributed by atoms with Crippen LogP contribution in [0.4, 0.5) is 0 Å². The molecule has 2 aromatic carbocycles. The van der Waals surface area contributed by atoms with E-state index in [0.29, 0.717) is 12.0 Å². The second-order valence-corrected chi connectivity index (χ2v) is 9.10. The minimum atomic E-state index is -0.295. The molecule has 4 aromatic rings. The van der Waals surface area contributed by atoms with Gasteiger partial charge in [-0.15, -0.1) is 11.3 Å². The van der Waals surface area contributed by atoms with Crippen LogP contribution in [-0.2, 0) is 23.0 Å². The van der Waals surface area contributed by atoms with Crippen molar-refractivity contribution < 1.29 is 14.3 Å². The molecular formula is C27H27N3O3S. The first-order chi connectivity index (χ1) is 16.4. The zero-order chi connectivity index (χ0) is 24.1. The van der Waals surface area contributed by atoms with Crippen molar-refractivity contribution in [3.05, 3.63) is 89.1 Å². The van der Waals surface area contributed by atoms with Gasteiger partial charge in [0.2, 0.25) is 0 Å². The number of thiophene rings is 1. The van der Waals surface area contributed by atoms with Crippen molar-refractivity contribution in [1.29, 1.82) is 0 Å². The van der Waals surface area contributed by atoms with Gasteiger partial charge in [0.05, 0.1) is 19.3 Å². The Morgan fingerprint density at radius 3 is 2.59 bits per heavy atom. The van der Waals surface area contributed by atoms with E-state index in [9.17, 15) is 9.59 Å². The molecule has 174 valence electrons. The summed E-state index contributed by atoms with van der Waals surface area (Å²) in [5, 5.41) is 9.51. The Hall–Kier alpha value is -3.71. The van der Waals surface area contributed by atoms with Gasteiger partial charge in [-0.25, -0.2) is 0 Å². The smallest absolute Gasteiger partial charge is 0.305 e. The van der Waals surface area contributed by atoms with E-state index in [2.05, 4.69) is 40.1 Å². The van der Waals surface area contributed by atoms with Gasteiger partial charge >= 0.3 is 5.97 Å². The van der Waals surface area contributed by atoms with Crippen molar-refractivity contribution in [2.75, 3.05) is 7.11 Å². The van der Waals surface area contributed by atoms with Crippen molar-refractivity contribution in [3.8, 4) is 21.6 Å². The average molecular weight is 474 g/mol. The fraction of sp³-hybridized carbons (Fsp3) is 0.222. The lowest BCUT2D eigenvalue weighted by atomic mass is 9.97. The lowest BCUT2D eigenvalue weighted by Gasteiger charge is -2.18. The van der Waals surface area contributed by atoms with Crippen molar-refractivity contribution in [1.82, 2.24) is 15.1 Å². The summed E-state index contributed by atoms with van der Waals surface area (Å²) >= 11 is 1.68. The van der Waals surface area contributed by atoms with E-state index in [1.807, 2.05) is 50.6 Å². The summed E-state index contributed by atoms with van der Waals surface area (Å²) in [5.74, 6) is -0.464. The fourth-order valence-corrected chi connectivity index (χ4v) is 4.59. The maximum Gasteiger partial charge on any atom is 0.305 e. The molecule has 0 aliphatic carbocycles. The maximum atomic E-state index is 13.2. The van der Waals surface area contributed by atoms with Crippen LogP contribution in [0.2, 0.25) is 0 Å². The summed E-state index contributed by atoms with van der Waals surface area (Å²) in [7, 11) is 3.26. The highest BCUT2D eigenvalue weighted by molar-refractivity contribution is 7.13. The minimum Gasteiger partial charge on any atom is -0.469 e. The number of ether oxygens (including phenoxy) is 1. The van der Waals surface area contributed by atoms with E-state index < -0.39 is 0 Å².